The summed E-state index contributed by atoms with van der Waals surface area (Å²) in [5, 5.41) is 5.32. The molecule has 1 saturated heterocycles. The summed E-state index contributed by atoms with van der Waals surface area (Å²) in [7, 11) is 2.04. The van der Waals surface area contributed by atoms with Gasteiger partial charge in [0, 0.05) is 6.54 Å². The zero-order valence-corrected chi connectivity index (χ0v) is 12.7. The van der Waals surface area contributed by atoms with Crippen LogP contribution in [0.15, 0.2) is 28.2 Å². The van der Waals surface area contributed by atoms with E-state index in [0.717, 1.165) is 48.6 Å². The van der Waals surface area contributed by atoms with Gasteiger partial charge in [0.15, 0.2) is 0 Å². The quantitative estimate of drug-likeness (QED) is 0.920. The van der Waals surface area contributed by atoms with Crippen LogP contribution in [0.1, 0.15) is 18.5 Å². The predicted octanol–water partition coefficient (Wildman–Crippen LogP) is 2.83. The summed E-state index contributed by atoms with van der Waals surface area (Å²) >= 11 is 1.66. The molecule has 3 rings (SSSR count). The van der Waals surface area contributed by atoms with Gasteiger partial charge in [0.1, 0.15) is 6.26 Å². The Morgan fingerprint density at radius 1 is 1.45 bits per heavy atom. The van der Waals surface area contributed by atoms with Gasteiger partial charge in [-0.3, -0.25) is 4.90 Å². The Bertz CT molecular complexity index is 515. The number of thiophene rings is 1. The van der Waals surface area contributed by atoms with E-state index in [1.165, 1.54) is 12.8 Å². The lowest BCUT2D eigenvalue weighted by Crippen LogP contribution is -2.36. The van der Waals surface area contributed by atoms with Crippen molar-refractivity contribution in [2.24, 2.45) is 5.92 Å². The maximum atomic E-state index is 5.57. The third kappa shape index (κ3) is 3.29. The van der Waals surface area contributed by atoms with Crippen molar-refractivity contribution in [3.63, 3.8) is 0 Å². The molecule has 0 saturated carbocycles. The Kier molecular flexibility index (Phi) is 4.50. The molecule has 1 fully saturated rings. The van der Waals surface area contributed by atoms with Crippen LogP contribution in [0.2, 0.25) is 0 Å². The van der Waals surface area contributed by atoms with Crippen molar-refractivity contribution in [1.82, 2.24) is 15.2 Å². The van der Waals surface area contributed by atoms with Crippen molar-refractivity contribution in [2.75, 3.05) is 26.7 Å². The van der Waals surface area contributed by atoms with Gasteiger partial charge < -0.3 is 9.73 Å². The third-order valence-corrected chi connectivity index (χ3v) is 4.73. The van der Waals surface area contributed by atoms with Gasteiger partial charge in [-0.15, -0.1) is 11.3 Å². The largest absolute Gasteiger partial charge is 0.444 e. The number of nitrogens with one attached hydrogen (secondary N) is 1. The number of hydrogen-bond acceptors (Lipinski definition) is 5. The smallest absolute Gasteiger partial charge is 0.236 e. The van der Waals surface area contributed by atoms with E-state index in [0.29, 0.717) is 0 Å². The molecule has 5 heteroatoms. The molecular weight excluding hydrogens is 270 g/mol. The summed E-state index contributed by atoms with van der Waals surface area (Å²) < 4.78 is 5.57. The first-order valence-electron chi connectivity index (χ1n) is 7.20. The van der Waals surface area contributed by atoms with Gasteiger partial charge in [-0.25, -0.2) is 4.98 Å². The Hall–Kier alpha value is -1.17. The molecule has 0 aliphatic carbocycles. The van der Waals surface area contributed by atoms with Crippen LogP contribution in [-0.4, -0.2) is 36.6 Å². The molecule has 20 heavy (non-hydrogen) atoms. The summed E-state index contributed by atoms with van der Waals surface area (Å²) in [5.41, 5.74) is 1.04. The van der Waals surface area contributed by atoms with E-state index in [1.54, 1.807) is 17.6 Å². The van der Waals surface area contributed by atoms with Crippen LogP contribution < -0.4 is 5.32 Å². The minimum atomic E-state index is 0.750. The molecule has 0 aromatic carbocycles. The monoisotopic (exact) mass is 291 g/mol. The van der Waals surface area contributed by atoms with Gasteiger partial charge in [-0.2, -0.15) is 0 Å². The fourth-order valence-electron chi connectivity index (χ4n) is 2.76. The van der Waals surface area contributed by atoms with Crippen molar-refractivity contribution >= 4 is 11.3 Å². The lowest BCUT2D eigenvalue weighted by Gasteiger charge is -2.31. The summed E-state index contributed by atoms with van der Waals surface area (Å²) in [5.74, 6) is 1.58. The summed E-state index contributed by atoms with van der Waals surface area (Å²) in [6.07, 6.45) is 4.35. The fourth-order valence-corrected chi connectivity index (χ4v) is 3.41. The minimum absolute atomic E-state index is 0.750. The molecule has 2 aromatic rings. The SMILES string of the molecule is CNCC1CCN(Cc2coc(-c3cccs3)n2)CC1. The zero-order valence-electron chi connectivity index (χ0n) is 11.8. The molecule has 0 radical (unpaired) electrons. The zero-order chi connectivity index (χ0) is 13.8. The Morgan fingerprint density at radius 2 is 2.30 bits per heavy atom. The van der Waals surface area contributed by atoms with Crippen LogP contribution in [-0.2, 0) is 6.54 Å². The van der Waals surface area contributed by atoms with Gasteiger partial charge in [-0.05, 0) is 56.9 Å². The average molecular weight is 291 g/mol. The number of piperidine rings is 1. The van der Waals surface area contributed by atoms with Crippen LogP contribution in [0.5, 0.6) is 0 Å². The normalized spacial score (nSPS) is 17.6. The first-order chi connectivity index (χ1) is 9.85. The molecule has 3 heterocycles. The summed E-state index contributed by atoms with van der Waals surface area (Å²) in [6, 6.07) is 4.07. The van der Waals surface area contributed by atoms with Crippen molar-refractivity contribution in [1.29, 1.82) is 0 Å². The highest BCUT2D eigenvalue weighted by Gasteiger charge is 2.19. The maximum Gasteiger partial charge on any atom is 0.236 e. The van der Waals surface area contributed by atoms with Crippen molar-refractivity contribution < 1.29 is 4.42 Å². The molecule has 0 amide bonds. The van der Waals surface area contributed by atoms with Gasteiger partial charge in [0.05, 0.1) is 10.6 Å². The van der Waals surface area contributed by atoms with Crippen LogP contribution >= 0.6 is 11.3 Å². The number of oxazole rings is 1. The van der Waals surface area contributed by atoms with E-state index in [-0.39, 0.29) is 0 Å². The van der Waals surface area contributed by atoms with Gasteiger partial charge >= 0.3 is 0 Å². The van der Waals surface area contributed by atoms with Crippen molar-refractivity contribution in [2.45, 2.75) is 19.4 Å². The van der Waals surface area contributed by atoms with E-state index >= 15 is 0 Å². The van der Waals surface area contributed by atoms with Crippen LogP contribution in [0, 0.1) is 5.92 Å². The number of aromatic nitrogens is 1. The number of rotatable bonds is 5. The highest BCUT2D eigenvalue weighted by Crippen LogP contribution is 2.24. The molecule has 1 aliphatic rings. The molecule has 108 valence electrons. The van der Waals surface area contributed by atoms with Crippen LogP contribution in [0.3, 0.4) is 0 Å². The second kappa shape index (κ2) is 6.52. The minimum Gasteiger partial charge on any atom is -0.444 e. The molecule has 1 N–H and O–H groups in total. The van der Waals surface area contributed by atoms with Crippen molar-refractivity contribution in [3.8, 4) is 10.8 Å². The highest BCUT2D eigenvalue weighted by molar-refractivity contribution is 7.13. The first-order valence-corrected chi connectivity index (χ1v) is 8.08. The molecule has 0 spiro atoms. The maximum absolute atomic E-state index is 5.57. The number of likely N-dealkylation sites (tertiary alicyclic amines) is 1. The van der Waals surface area contributed by atoms with Crippen molar-refractivity contribution in [3.05, 3.63) is 29.5 Å². The van der Waals surface area contributed by atoms with E-state index in [2.05, 4.69) is 15.2 Å². The van der Waals surface area contributed by atoms with Gasteiger partial charge in [0.25, 0.3) is 0 Å². The molecule has 4 nitrogen and oxygen atoms in total. The standard InChI is InChI=1S/C15H21N3OS/c1-16-9-12-4-6-18(7-5-12)10-13-11-19-15(17-13)14-3-2-8-20-14/h2-3,8,11-12,16H,4-7,9-10H2,1H3. The topological polar surface area (TPSA) is 41.3 Å². The van der Waals surface area contributed by atoms with E-state index < -0.39 is 0 Å². The molecule has 2 aromatic heterocycles. The second-order valence-electron chi connectivity index (χ2n) is 5.40. The number of hydrogen-bond donors (Lipinski definition) is 1. The van der Waals surface area contributed by atoms with Gasteiger partial charge in [0.2, 0.25) is 5.89 Å². The molecule has 0 unspecified atom stereocenters. The number of nitrogens with zero attached hydrogens (tertiary/aromatic N) is 2. The lowest BCUT2D eigenvalue weighted by atomic mass is 9.97. The molecular formula is C15H21N3OS. The summed E-state index contributed by atoms with van der Waals surface area (Å²) in [4.78, 5) is 8.17. The van der Waals surface area contributed by atoms with E-state index in [1.807, 2.05) is 24.6 Å². The third-order valence-electron chi connectivity index (χ3n) is 3.87. The van der Waals surface area contributed by atoms with Crippen LogP contribution in [0.4, 0.5) is 0 Å². The van der Waals surface area contributed by atoms with E-state index in [9.17, 15) is 0 Å². The fraction of sp³-hybridized carbons (Fsp3) is 0.533. The highest BCUT2D eigenvalue weighted by atomic mass is 32.1. The molecule has 1 aliphatic heterocycles. The average Bonchev–Trinajstić information content (AvgIpc) is 3.12. The van der Waals surface area contributed by atoms with E-state index in [4.69, 9.17) is 4.42 Å². The predicted molar refractivity (Wildman–Crippen MR) is 81.7 cm³/mol. The lowest BCUT2D eigenvalue weighted by molar-refractivity contribution is 0.175. The van der Waals surface area contributed by atoms with Crippen LogP contribution in [0.25, 0.3) is 10.8 Å². The molecule has 0 atom stereocenters. The van der Waals surface area contributed by atoms with Gasteiger partial charge in [-0.1, -0.05) is 6.07 Å². The summed E-state index contributed by atoms with van der Waals surface area (Å²) in [6.45, 7) is 4.36. The Balaban J connectivity index is 1.54. The Morgan fingerprint density at radius 3 is 3.00 bits per heavy atom. The Labute approximate surface area is 123 Å². The molecule has 0 bridgehead atoms. The first kappa shape index (κ1) is 13.8. The second-order valence-corrected chi connectivity index (χ2v) is 6.35.